The van der Waals surface area contributed by atoms with Crippen molar-refractivity contribution in [2.75, 3.05) is 0 Å². The molecule has 0 radical (unpaired) electrons. The number of para-hydroxylation sites is 1. The van der Waals surface area contributed by atoms with Crippen LogP contribution in [0.5, 0.6) is 0 Å². The average Bonchev–Trinajstić information content (AvgIpc) is 3.38. The Morgan fingerprint density at radius 2 is 1.82 bits per heavy atom. The molecule has 1 aliphatic heterocycles. The van der Waals surface area contributed by atoms with Gasteiger partial charge in [-0.3, -0.25) is 14.7 Å². The first-order valence-corrected chi connectivity index (χ1v) is 11.0. The molecular weight excluding hydrogens is 454 g/mol. The largest absolute Gasteiger partial charge is 0.328 e. The van der Waals surface area contributed by atoms with Crippen LogP contribution in [0.4, 0.5) is 0 Å². The molecule has 0 bridgehead atoms. The van der Waals surface area contributed by atoms with Crippen molar-refractivity contribution in [2.24, 2.45) is 0 Å². The van der Waals surface area contributed by atoms with Gasteiger partial charge in [0.25, 0.3) is 5.91 Å². The van der Waals surface area contributed by atoms with Gasteiger partial charge < -0.3 is 5.32 Å². The van der Waals surface area contributed by atoms with E-state index in [0.717, 1.165) is 22.4 Å². The maximum Gasteiger partial charge on any atom is 0.276 e. The fraction of sp³-hybridized carbons (Fsp3) is 0.0400. The predicted molar refractivity (Wildman–Crippen MR) is 133 cm³/mol. The Labute approximate surface area is 201 Å². The summed E-state index contributed by atoms with van der Waals surface area (Å²) in [5.41, 5.74) is 4.44. The Bertz CT molecular complexity index is 1370. The van der Waals surface area contributed by atoms with Gasteiger partial charge in [0.1, 0.15) is 11.4 Å². The summed E-state index contributed by atoms with van der Waals surface area (Å²) >= 11 is 11.7. The van der Waals surface area contributed by atoms with E-state index in [4.69, 9.17) is 28.9 Å². The van der Waals surface area contributed by atoms with Crippen LogP contribution in [0.15, 0.2) is 91.0 Å². The minimum atomic E-state index is -0.218. The van der Waals surface area contributed by atoms with E-state index >= 15 is 0 Å². The van der Waals surface area contributed by atoms with Crippen molar-refractivity contribution in [1.82, 2.24) is 25.0 Å². The van der Waals surface area contributed by atoms with Crippen LogP contribution in [-0.2, 0) is 11.3 Å². The van der Waals surface area contributed by atoms with E-state index in [1.807, 2.05) is 66.9 Å². The summed E-state index contributed by atoms with van der Waals surface area (Å²) in [4.78, 5) is 18.9. The van der Waals surface area contributed by atoms with Gasteiger partial charge in [-0.15, -0.1) is 0 Å². The molecule has 4 aromatic rings. The molecule has 1 aliphatic rings. The number of nitrogens with zero attached hydrogens (tertiary/aromatic N) is 4. The number of pyridine rings is 1. The normalized spacial score (nSPS) is 14.7. The van der Waals surface area contributed by atoms with Gasteiger partial charge in [-0.05, 0) is 54.2 Å². The maximum atomic E-state index is 13.2. The molecule has 1 fully saturated rings. The number of amides is 1. The molecule has 6 nitrogen and oxygen atoms in total. The van der Waals surface area contributed by atoms with Crippen LogP contribution in [0.2, 0.25) is 5.02 Å². The molecule has 2 aromatic heterocycles. The van der Waals surface area contributed by atoms with Gasteiger partial charge >= 0.3 is 0 Å². The van der Waals surface area contributed by atoms with E-state index in [9.17, 15) is 4.79 Å². The number of carbonyl (C=O) groups is 1. The lowest BCUT2D eigenvalue weighted by molar-refractivity contribution is -0.122. The Balaban J connectivity index is 1.52. The molecule has 0 atom stereocenters. The Morgan fingerprint density at radius 3 is 2.58 bits per heavy atom. The predicted octanol–water partition coefficient (Wildman–Crippen LogP) is 4.85. The standard InChI is InChI=1S/C25H18ClN5OS/c26-21-11-5-4-7-18(21)15-30-24(32)22(28-25(30)33)13-19-16-31(20-9-2-1-3-10-20)29-23(19)17-8-6-12-27-14-17/h1-14,16H,15H2,(H,28,33)/b22-13+. The molecule has 1 N–H and O–H groups in total. The molecule has 0 aliphatic carbocycles. The van der Waals surface area contributed by atoms with E-state index in [-0.39, 0.29) is 5.91 Å². The first-order chi connectivity index (χ1) is 16.1. The second kappa shape index (κ2) is 8.97. The van der Waals surface area contributed by atoms with Crippen LogP contribution in [-0.4, -0.2) is 30.7 Å². The maximum absolute atomic E-state index is 13.2. The molecule has 162 valence electrons. The minimum Gasteiger partial charge on any atom is -0.328 e. The molecule has 8 heteroatoms. The van der Waals surface area contributed by atoms with E-state index < -0.39 is 0 Å². The number of rotatable bonds is 5. The van der Waals surface area contributed by atoms with E-state index in [1.165, 1.54) is 4.90 Å². The first kappa shape index (κ1) is 21.1. The highest BCUT2D eigenvalue weighted by atomic mass is 35.5. The molecule has 2 aromatic carbocycles. The number of hydrogen-bond acceptors (Lipinski definition) is 4. The lowest BCUT2D eigenvalue weighted by atomic mass is 10.1. The van der Waals surface area contributed by atoms with Gasteiger partial charge in [0.15, 0.2) is 5.11 Å². The zero-order chi connectivity index (χ0) is 22.8. The summed E-state index contributed by atoms with van der Waals surface area (Å²) in [6.07, 6.45) is 7.12. The quantitative estimate of drug-likeness (QED) is 0.333. The summed E-state index contributed by atoms with van der Waals surface area (Å²) in [5.74, 6) is -0.218. The van der Waals surface area contributed by atoms with Crippen LogP contribution in [0.1, 0.15) is 11.1 Å². The zero-order valence-corrected chi connectivity index (χ0v) is 18.9. The molecule has 1 amide bonds. The number of halogens is 1. The number of benzene rings is 2. The average molecular weight is 472 g/mol. The molecule has 0 unspecified atom stereocenters. The molecule has 33 heavy (non-hydrogen) atoms. The second-order valence-electron chi connectivity index (χ2n) is 7.43. The van der Waals surface area contributed by atoms with Crippen LogP contribution in [0.25, 0.3) is 23.0 Å². The highest BCUT2D eigenvalue weighted by Gasteiger charge is 2.31. The van der Waals surface area contributed by atoms with Crippen molar-refractivity contribution in [1.29, 1.82) is 0 Å². The van der Waals surface area contributed by atoms with Crippen LogP contribution in [0, 0.1) is 0 Å². The van der Waals surface area contributed by atoms with Crippen LogP contribution < -0.4 is 5.32 Å². The monoisotopic (exact) mass is 471 g/mol. The van der Waals surface area contributed by atoms with Crippen LogP contribution in [0.3, 0.4) is 0 Å². The van der Waals surface area contributed by atoms with Crippen molar-refractivity contribution >= 4 is 40.9 Å². The third kappa shape index (κ3) is 4.28. The number of nitrogens with one attached hydrogen (secondary N) is 1. The topological polar surface area (TPSA) is 63.1 Å². The number of thiocarbonyl (C=S) groups is 1. The van der Waals surface area contributed by atoms with E-state index in [1.54, 1.807) is 29.2 Å². The summed E-state index contributed by atoms with van der Waals surface area (Å²) < 4.78 is 1.79. The fourth-order valence-electron chi connectivity index (χ4n) is 3.60. The van der Waals surface area contributed by atoms with E-state index in [0.29, 0.717) is 28.1 Å². The summed E-state index contributed by atoms with van der Waals surface area (Å²) in [5, 5.41) is 8.74. The fourth-order valence-corrected chi connectivity index (χ4v) is 4.05. The second-order valence-corrected chi connectivity index (χ2v) is 8.22. The number of aromatic nitrogens is 3. The minimum absolute atomic E-state index is 0.218. The number of carbonyl (C=O) groups excluding carboxylic acids is 1. The van der Waals surface area contributed by atoms with Gasteiger partial charge in [0, 0.05) is 34.7 Å². The van der Waals surface area contributed by atoms with Gasteiger partial charge in [-0.2, -0.15) is 5.10 Å². The van der Waals surface area contributed by atoms with E-state index in [2.05, 4.69) is 10.3 Å². The Morgan fingerprint density at radius 1 is 1.03 bits per heavy atom. The highest BCUT2D eigenvalue weighted by molar-refractivity contribution is 7.80. The van der Waals surface area contributed by atoms with Crippen molar-refractivity contribution in [3.05, 3.63) is 107 Å². The lowest BCUT2D eigenvalue weighted by Gasteiger charge is -2.14. The number of hydrogen-bond donors (Lipinski definition) is 1. The third-order valence-electron chi connectivity index (χ3n) is 5.25. The van der Waals surface area contributed by atoms with Crippen molar-refractivity contribution < 1.29 is 4.79 Å². The zero-order valence-electron chi connectivity index (χ0n) is 17.4. The van der Waals surface area contributed by atoms with Crippen molar-refractivity contribution in [2.45, 2.75) is 6.54 Å². The lowest BCUT2D eigenvalue weighted by Crippen LogP contribution is -2.30. The molecule has 0 spiro atoms. The SMILES string of the molecule is O=C1/C(=C\c2cn(-c3ccccc3)nc2-c2cccnc2)NC(=S)N1Cc1ccccc1Cl. The third-order valence-corrected chi connectivity index (χ3v) is 5.94. The van der Waals surface area contributed by atoms with Gasteiger partial charge in [0.2, 0.25) is 0 Å². The summed E-state index contributed by atoms with van der Waals surface area (Å²) in [6, 6.07) is 21.0. The van der Waals surface area contributed by atoms with Crippen molar-refractivity contribution in [3.8, 4) is 16.9 Å². The molecule has 1 saturated heterocycles. The van der Waals surface area contributed by atoms with Gasteiger partial charge in [-0.1, -0.05) is 48.0 Å². The van der Waals surface area contributed by atoms with Crippen LogP contribution >= 0.6 is 23.8 Å². The smallest absolute Gasteiger partial charge is 0.276 e. The first-order valence-electron chi connectivity index (χ1n) is 10.2. The molecule has 0 saturated carbocycles. The molecular formula is C25H18ClN5OS. The summed E-state index contributed by atoms with van der Waals surface area (Å²) in [6.45, 7) is 0.292. The van der Waals surface area contributed by atoms with Crippen molar-refractivity contribution in [3.63, 3.8) is 0 Å². The Kier molecular flexibility index (Phi) is 5.73. The Hall–Kier alpha value is -3.81. The van der Waals surface area contributed by atoms with Gasteiger partial charge in [-0.25, -0.2) is 4.68 Å². The summed E-state index contributed by atoms with van der Waals surface area (Å²) in [7, 11) is 0. The molecule has 5 rings (SSSR count). The highest BCUT2D eigenvalue weighted by Crippen LogP contribution is 2.27. The van der Waals surface area contributed by atoms with Gasteiger partial charge in [0.05, 0.1) is 12.2 Å². The molecule has 3 heterocycles.